The van der Waals surface area contributed by atoms with E-state index in [1.807, 2.05) is 0 Å². The monoisotopic (exact) mass is 248 g/mol. The van der Waals surface area contributed by atoms with Crippen molar-refractivity contribution in [3.8, 4) is 0 Å². The molecule has 1 N–H and O–H groups in total. The Labute approximate surface area is 108 Å². The van der Waals surface area contributed by atoms with Gasteiger partial charge in [-0.15, -0.1) is 0 Å². The molecule has 1 aromatic heterocycles. The molecule has 4 nitrogen and oxygen atoms in total. The van der Waals surface area contributed by atoms with Gasteiger partial charge in [0, 0.05) is 18.9 Å². The van der Waals surface area contributed by atoms with Crippen molar-refractivity contribution in [2.75, 3.05) is 13.1 Å². The minimum Gasteiger partial charge on any atom is -0.480 e. The lowest BCUT2D eigenvalue weighted by atomic mass is 9.87. The summed E-state index contributed by atoms with van der Waals surface area (Å²) in [6.45, 7) is 5.66. The second-order valence-corrected chi connectivity index (χ2v) is 5.31. The second-order valence-electron chi connectivity index (χ2n) is 5.31. The number of hydrogen-bond acceptors (Lipinski definition) is 3. The van der Waals surface area contributed by atoms with Gasteiger partial charge in [0.25, 0.3) is 0 Å². The lowest BCUT2D eigenvalue weighted by molar-refractivity contribution is -0.152. The van der Waals surface area contributed by atoms with Crippen LogP contribution < -0.4 is 0 Å². The molecule has 0 bridgehead atoms. The lowest BCUT2D eigenvalue weighted by Crippen LogP contribution is -2.53. The van der Waals surface area contributed by atoms with E-state index in [4.69, 9.17) is 0 Å². The van der Waals surface area contributed by atoms with E-state index in [-0.39, 0.29) is 0 Å². The van der Waals surface area contributed by atoms with Gasteiger partial charge in [-0.1, -0.05) is 6.92 Å². The van der Waals surface area contributed by atoms with Crippen LogP contribution in [0.4, 0.5) is 0 Å². The van der Waals surface area contributed by atoms with Crippen molar-refractivity contribution < 1.29 is 9.90 Å². The molecule has 0 saturated carbocycles. The van der Waals surface area contributed by atoms with E-state index in [9.17, 15) is 9.90 Å². The zero-order valence-electron chi connectivity index (χ0n) is 11.0. The van der Waals surface area contributed by atoms with Crippen LogP contribution in [0.1, 0.15) is 32.3 Å². The SMILES string of the molecule is CC1CCCN(C(C)(C(=O)O)c2ccncc2)C1. The third-order valence-electron chi connectivity index (χ3n) is 3.95. The molecular formula is C14H20N2O2. The van der Waals surface area contributed by atoms with Gasteiger partial charge in [0.15, 0.2) is 0 Å². The average molecular weight is 248 g/mol. The first kappa shape index (κ1) is 13.0. The maximum Gasteiger partial charge on any atom is 0.328 e. The highest BCUT2D eigenvalue weighted by molar-refractivity contribution is 5.80. The number of hydrogen-bond donors (Lipinski definition) is 1. The molecule has 1 saturated heterocycles. The van der Waals surface area contributed by atoms with Gasteiger partial charge in [0.1, 0.15) is 5.54 Å². The van der Waals surface area contributed by atoms with E-state index in [1.165, 1.54) is 6.42 Å². The van der Waals surface area contributed by atoms with Crippen molar-refractivity contribution >= 4 is 5.97 Å². The van der Waals surface area contributed by atoms with Gasteiger partial charge in [-0.05, 0) is 49.9 Å². The van der Waals surface area contributed by atoms with Crippen molar-refractivity contribution in [2.24, 2.45) is 5.92 Å². The zero-order valence-corrected chi connectivity index (χ0v) is 11.0. The highest BCUT2D eigenvalue weighted by atomic mass is 16.4. The molecule has 2 unspecified atom stereocenters. The molecule has 1 aliphatic heterocycles. The van der Waals surface area contributed by atoms with Crippen LogP contribution in [0.5, 0.6) is 0 Å². The van der Waals surface area contributed by atoms with Gasteiger partial charge in [0.05, 0.1) is 0 Å². The number of piperidine rings is 1. The Balaban J connectivity index is 2.35. The number of nitrogens with zero attached hydrogens (tertiary/aromatic N) is 2. The second kappa shape index (κ2) is 5.06. The zero-order chi connectivity index (χ0) is 13.2. The summed E-state index contributed by atoms with van der Waals surface area (Å²) in [5, 5.41) is 9.66. The van der Waals surface area contributed by atoms with Crippen LogP contribution in [0.25, 0.3) is 0 Å². The van der Waals surface area contributed by atoms with Crippen molar-refractivity contribution in [2.45, 2.75) is 32.2 Å². The number of likely N-dealkylation sites (tertiary alicyclic amines) is 1. The summed E-state index contributed by atoms with van der Waals surface area (Å²) in [5.74, 6) is -0.234. The van der Waals surface area contributed by atoms with Crippen LogP contribution in [-0.4, -0.2) is 34.0 Å². The number of carboxylic acid groups (broad SMARTS) is 1. The van der Waals surface area contributed by atoms with Crippen molar-refractivity contribution in [3.63, 3.8) is 0 Å². The largest absolute Gasteiger partial charge is 0.480 e. The number of rotatable bonds is 3. The summed E-state index contributed by atoms with van der Waals surface area (Å²) >= 11 is 0. The molecule has 1 aromatic rings. The first-order valence-electron chi connectivity index (χ1n) is 6.44. The summed E-state index contributed by atoms with van der Waals surface area (Å²) in [6, 6.07) is 3.60. The Morgan fingerprint density at radius 1 is 1.50 bits per heavy atom. The standard InChI is InChI=1S/C14H20N2O2/c1-11-4-3-9-16(10-11)14(2,13(17)18)12-5-7-15-8-6-12/h5-8,11H,3-4,9-10H2,1-2H3,(H,17,18). The molecule has 1 aliphatic rings. The van der Waals surface area contributed by atoms with Gasteiger partial charge in [-0.2, -0.15) is 0 Å². The first-order chi connectivity index (χ1) is 8.55. The van der Waals surface area contributed by atoms with Crippen molar-refractivity contribution in [1.82, 2.24) is 9.88 Å². The van der Waals surface area contributed by atoms with E-state index >= 15 is 0 Å². The number of aliphatic carboxylic acids is 1. The van der Waals surface area contributed by atoms with Crippen LogP contribution in [0, 0.1) is 5.92 Å². The number of aromatic nitrogens is 1. The molecule has 98 valence electrons. The van der Waals surface area contributed by atoms with Gasteiger partial charge in [-0.3, -0.25) is 9.88 Å². The molecule has 2 heterocycles. The van der Waals surface area contributed by atoms with Gasteiger partial charge >= 0.3 is 5.97 Å². The maximum atomic E-state index is 11.8. The Morgan fingerprint density at radius 2 is 2.17 bits per heavy atom. The lowest BCUT2D eigenvalue weighted by Gasteiger charge is -2.42. The molecule has 4 heteroatoms. The van der Waals surface area contributed by atoms with Crippen molar-refractivity contribution in [3.05, 3.63) is 30.1 Å². The summed E-state index contributed by atoms with van der Waals surface area (Å²) in [6.07, 6.45) is 5.56. The predicted molar refractivity (Wildman–Crippen MR) is 69.2 cm³/mol. The van der Waals surface area contributed by atoms with E-state index in [2.05, 4.69) is 16.8 Å². The molecule has 0 amide bonds. The van der Waals surface area contributed by atoms with E-state index in [0.717, 1.165) is 25.1 Å². The molecule has 0 radical (unpaired) electrons. The predicted octanol–water partition coefficient (Wildman–Crippen LogP) is 2.11. The summed E-state index contributed by atoms with van der Waals surface area (Å²) in [5.41, 5.74) is -0.142. The van der Waals surface area contributed by atoms with Gasteiger partial charge < -0.3 is 5.11 Å². The molecule has 1 fully saturated rings. The number of carboxylic acids is 1. The van der Waals surface area contributed by atoms with Gasteiger partial charge in [-0.25, -0.2) is 4.79 Å². The topological polar surface area (TPSA) is 53.4 Å². The summed E-state index contributed by atoms with van der Waals surface area (Å²) in [7, 11) is 0. The van der Waals surface area contributed by atoms with Gasteiger partial charge in [0.2, 0.25) is 0 Å². The Kier molecular flexibility index (Phi) is 3.66. The van der Waals surface area contributed by atoms with Crippen LogP contribution in [0.15, 0.2) is 24.5 Å². The summed E-state index contributed by atoms with van der Waals surface area (Å²) < 4.78 is 0. The number of pyridine rings is 1. The summed E-state index contributed by atoms with van der Waals surface area (Å²) in [4.78, 5) is 17.8. The third kappa shape index (κ3) is 2.25. The molecule has 0 aliphatic carbocycles. The minimum atomic E-state index is -0.947. The molecule has 18 heavy (non-hydrogen) atoms. The van der Waals surface area contributed by atoms with Crippen LogP contribution >= 0.6 is 0 Å². The molecule has 2 atom stereocenters. The normalized spacial score (nSPS) is 24.4. The average Bonchev–Trinajstić information content (AvgIpc) is 2.38. The number of carbonyl (C=O) groups is 1. The Hall–Kier alpha value is -1.42. The Morgan fingerprint density at radius 3 is 2.72 bits per heavy atom. The van der Waals surface area contributed by atoms with E-state index in [0.29, 0.717) is 5.92 Å². The van der Waals surface area contributed by atoms with Crippen LogP contribution in [0.3, 0.4) is 0 Å². The fourth-order valence-corrected chi connectivity index (χ4v) is 2.71. The molecule has 0 spiro atoms. The highest BCUT2D eigenvalue weighted by Gasteiger charge is 2.42. The molecule has 0 aromatic carbocycles. The third-order valence-corrected chi connectivity index (χ3v) is 3.95. The van der Waals surface area contributed by atoms with Crippen LogP contribution in [-0.2, 0) is 10.3 Å². The highest BCUT2D eigenvalue weighted by Crippen LogP contribution is 2.32. The van der Waals surface area contributed by atoms with Crippen molar-refractivity contribution in [1.29, 1.82) is 0 Å². The van der Waals surface area contributed by atoms with E-state index < -0.39 is 11.5 Å². The molecular weight excluding hydrogens is 228 g/mol. The fraction of sp³-hybridized carbons (Fsp3) is 0.571. The first-order valence-corrected chi connectivity index (χ1v) is 6.44. The van der Waals surface area contributed by atoms with E-state index in [1.54, 1.807) is 31.5 Å². The maximum absolute atomic E-state index is 11.8. The Bertz CT molecular complexity index is 421. The molecule has 2 rings (SSSR count). The van der Waals surface area contributed by atoms with Crippen LogP contribution in [0.2, 0.25) is 0 Å². The minimum absolute atomic E-state index is 0.555. The quantitative estimate of drug-likeness (QED) is 0.890. The smallest absolute Gasteiger partial charge is 0.328 e. The fourth-order valence-electron chi connectivity index (χ4n) is 2.71.